The minimum atomic E-state index is -4.79. The summed E-state index contributed by atoms with van der Waals surface area (Å²) in [6.45, 7) is 1.37. The Hall–Kier alpha value is -2.69. The van der Waals surface area contributed by atoms with E-state index in [2.05, 4.69) is 20.0 Å². The summed E-state index contributed by atoms with van der Waals surface area (Å²) in [5.74, 6) is -0.664. The van der Waals surface area contributed by atoms with E-state index in [0.29, 0.717) is 20.5 Å². The van der Waals surface area contributed by atoms with Gasteiger partial charge in [-0.3, -0.25) is 4.79 Å². The Bertz CT molecular complexity index is 1040. The molecule has 1 unspecified atom stereocenters. The van der Waals surface area contributed by atoms with Gasteiger partial charge in [0, 0.05) is 11.6 Å². The number of rotatable bonds is 6. The molecular weight excluding hydrogens is 443 g/mol. The fraction of sp³-hybridized carbons (Fsp3) is 0.211. The Morgan fingerprint density at radius 3 is 2.50 bits per heavy atom. The van der Waals surface area contributed by atoms with Crippen LogP contribution >= 0.6 is 22.9 Å². The first-order valence-corrected chi connectivity index (χ1v) is 9.77. The van der Waals surface area contributed by atoms with Crippen molar-refractivity contribution < 1.29 is 27.8 Å². The van der Waals surface area contributed by atoms with E-state index in [1.54, 1.807) is 19.1 Å². The van der Waals surface area contributed by atoms with Crippen LogP contribution in [0.1, 0.15) is 17.4 Å². The van der Waals surface area contributed by atoms with Crippen LogP contribution in [0.5, 0.6) is 5.75 Å². The van der Waals surface area contributed by atoms with E-state index in [1.165, 1.54) is 29.5 Å². The molecule has 2 heterocycles. The highest BCUT2D eigenvalue weighted by atomic mass is 35.5. The molecule has 0 aliphatic carbocycles. The summed E-state index contributed by atoms with van der Waals surface area (Å²) in [6, 6.07) is 9.38. The zero-order chi connectivity index (χ0) is 21.9. The topological polar surface area (TPSA) is 84.3 Å². The molecular formula is C19H15ClF3N3O3S. The number of aromatic nitrogens is 2. The number of benzene rings is 1. The highest BCUT2D eigenvalue weighted by molar-refractivity contribution is 7.19. The average molecular weight is 458 g/mol. The lowest BCUT2D eigenvalue weighted by atomic mass is 10.1. The van der Waals surface area contributed by atoms with Crippen molar-refractivity contribution in [2.24, 2.45) is 0 Å². The number of amides is 1. The predicted octanol–water partition coefficient (Wildman–Crippen LogP) is 4.53. The normalized spacial score (nSPS) is 12.5. The first-order chi connectivity index (χ1) is 14.1. The molecule has 11 heteroatoms. The summed E-state index contributed by atoms with van der Waals surface area (Å²) in [5.41, 5.74) is 0.820. The van der Waals surface area contributed by atoms with Gasteiger partial charge in [-0.05, 0) is 49.4 Å². The summed E-state index contributed by atoms with van der Waals surface area (Å²) in [5, 5.41) is 11.7. The van der Waals surface area contributed by atoms with Crippen molar-refractivity contribution in [1.82, 2.24) is 15.3 Å². The number of thiophene rings is 1. The van der Waals surface area contributed by atoms with Gasteiger partial charge in [-0.2, -0.15) is 0 Å². The van der Waals surface area contributed by atoms with Crippen molar-refractivity contribution in [3.8, 4) is 27.7 Å². The second-order valence-corrected chi connectivity index (χ2v) is 7.91. The standard InChI is InChI=1S/C19H15ClF3N3O3S/c1-10(9-27)24-18(28)14-8-13(25-17(26-14)15-6-7-16(20)30-15)11-2-4-12(5-3-11)29-19(21,22)23/h2-8,10,27H,9H2,1H3,(H,24,28). The summed E-state index contributed by atoms with van der Waals surface area (Å²) in [6.07, 6.45) is -4.79. The van der Waals surface area contributed by atoms with Gasteiger partial charge in [0.2, 0.25) is 0 Å². The Balaban J connectivity index is 2.00. The second kappa shape index (κ2) is 8.99. The number of carbonyl (C=O) groups is 1. The molecule has 0 aliphatic heterocycles. The van der Waals surface area contributed by atoms with Gasteiger partial charge < -0.3 is 15.2 Å². The number of alkyl halides is 3. The minimum absolute atomic E-state index is 0.0374. The zero-order valence-electron chi connectivity index (χ0n) is 15.4. The van der Waals surface area contributed by atoms with Gasteiger partial charge >= 0.3 is 6.36 Å². The molecule has 158 valence electrons. The van der Waals surface area contributed by atoms with E-state index < -0.39 is 18.3 Å². The lowest BCUT2D eigenvalue weighted by molar-refractivity contribution is -0.274. The van der Waals surface area contributed by atoms with Crippen LogP contribution in [0.2, 0.25) is 4.34 Å². The van der Waals surface area contributed by atoms with Crippen LogP contribution in [-0.4, -0.2) is 40.0 Å². The lowest BCUT2D eigenvalue weighted by Crippen LogP contribution is -2.35. The molecule has 30 heavy (non-hydrogen) atoms. The fourth-order valence-electron chi connectivity index (χ4n) is 2.43. The largest absolute Gasteiger partial charge is 0.573 e. The summed E-state index contributed by atoms with van der Waals surface area (Å²) in [4.78, 5) is 21.8. The van der Waals surface area contributed by atoms with Crippen molar-refractivity contribution in [2.45, 2.75) is 19.3 Å². The molecule has 0 aliphatic rings. The Labute approximate surface area is 178 Å². The Morgan fingerprint density at radius 2 is 1.93 bits per heavy atom. The van der Waals surface area contributed by atoms with Crippen molar-refractivity contribution in [1.29, 1.82) is 0 Å². The third kappa shape index (κ3) is 5.68. The number of hydrogen-bond acceptors (Lipinski definition) is 6. The fourth-order valence-corrected chi connectivity index (χ4v) is 3.40. The molecule has 2 aromatic heterocycles. The number of ether oxygens (including phenoxy) is 1. The molecule has 1 atom stereocenters. The molecule has 1 aromatic carbocycles. The van der Waals surface area contributed by atoms with E-state index in [1.807, 2.05) is 0 Å². The van der Waals surface area contributed by atoms with Crippen LogP contribution in [0.4, 0.5) is 13.2 Å². The minimum Gasteiger partial charge on any atom is -0.406 e. The molecule has 6 nitrogen and oxygen atoms in total. The number of carbonyl (C=O) groups excluding carboxylic acids is 1. The highest BCUT2D eigenvalue weighted by Gasteiger charge is 2.31. The number of nitrogens with one attached hydrogen (secondary N) is 1. The van der Waals surface area contributed by atoms with E-state index in [-0.39, 0.29) is 23.9 Å². The number of aliphatic hydroxyl groups is 1. The molecule has 0 fully saturated rings. The molecule has 3 aromatic rings. The molecule has 3 rings (SSSR count). The molecule has 0 spiro atoms. The van der Waals surface area contributed by atoms with Gasteiger partial charge in [-0.1, -0.05) is 11.6 Å². The van der Waals surface area contributed by atoms with Crippen LogP contribution in [0.3, 0.4) is 0 Å². The third-order valence-corrected chi connectivity index (χ3v) is 5.01. The number of halogens is 4. The van der Waals surface area contributed by atoms with Crippen molar-refractivity contribution in [3.63, 3.8) is 0 Å². The van der Waals surface area contributed by atoms with E-state index in [9.17, 15) is 18.0 Å². The maximum absolute atomic E-state index is 12.5. The first kappa shape index (κ1) is 22.0. The lowest BCUT2D eigenvalue weighted by Gasteiger charge is -2.12. The number of aliphatic hydroxyl groups excluding tert-OH is 1. The van der Waals surface area contributed by atoms with Gasteiger partial charge in [0.05, 0.1) is 21.5 Å². The van der Waals surface area contributed by atoms with Gasteiger partial charge in [-0.15, -0.1) is 24.5 Å². The van der Waals surface area contributed by atoms with E-state index in [4.69, 9.17) is 16.7 Å². The summed E-state index contributed by atoms with van der Waals surface area (Å²) >= 11 is 7.19. The molecule has 0 radical (unpaired) electrons. The molecule has 0 saturated heterocycles. The molecule has 0 bridgehead atoms. The number of nitrogens with zero attached hydrogens (tertiary/aromatic N) is 2. The van der Waals surface area contributed by atoms with E-state index >= 15 is 0 Å². The van der Waals surface area contributed by atoms with Crippen molar-refractivity contribution in [2.75, 3.05) is 6.61 Å². The van der Waals surface area contributed by atoms with Crippen molar-refractivity contribution >= 4 is 28.8 Å². The van der Waals surface area contributed by atoms with Crippen LogP contribution in [-0.2, 0) is 0 Å². The monoisotopic (exact) mass is 457 g/mol. The smallest absolute Gasteiger partial charge is 0.406 e. The first-order valence-electron chi connectivity index (χ1n) is 8.57. The van der Waals surface area contributed by atoms with Crippen LogP contribution in [0, 0.1) is 0 Å². The van der Waals surface area contributed by atoms with E-state index in [0.717, 1.165) is 12.1 Å². The zero-order valence-corrected chi connectivity index (χ0v) is 17.0. The average Bonchev–Trinajstić information content (AvgIpc) is 3.13. The predicted molar refractivity (Wildman–Crippen MR) is 106 cm³/mol. The maximum atomic E-state index is 12.5. The van der Waals surface area contributed by atoms with Crippen LogP contribution < -0.4 is 10.1 Å². The maximum Gasteiger partial charge on any atom is 0.573 e. The quantitative estimate of drug-likeness (QED) is 0.568. The Kier molecular flexibility index (Phi) is 6.59. The van der Waals surface area contributed by atoms with Crippen LogP contribution in [0.15, 0.2) is 42.5 Å². The molecule has 1 amide bonds. The van der Waals surface area contributed by atoms with Gasteiger partial charge in [-0.25, -0.2) is 9.97 Å². The number of hydrogen-bond donors (Lipinski definition) is 2. The van der Waals surface area contributed by atoms with Gasteiger partial charge in [0.25, 0.3) is 5.91 Å². The summed E-state index contributed by atoms with van der Waals surface area (Å²) < 4.78 is 41.5. The second-order valence-electron chi connectivity index (χ2n) is 6.20. The highest BCUT2D eigenvalue weighted by Crippen LogP contribution is 2.31. The van der Waals surface area contributed by atoms with Crippen LogP contribution in [0.25, 0.3) is 22.0 Å². The Morgan fingerprint density at radius 1 is 1.23 bits per heavy atom. The van der Waals surface area contributed by atoms with Gasteiger partial charge in [0.1, 0.15) is 11.4 Å². The van der Waals surface area contributed by atoms with Crippen molar-refractivity contribution in [3.05, 3.63) is 52.5 Å². The van der Waals surface area contributed by atoms with Gasteiger partial charge in [0.15, 0.2) is 5.82 Å². The SMILES string of the molecule is CC(CO)NC(=O)c1cc(-c2ccc(OC(F)(F)F)cc2)nc(-c2ccc(Cl)s2)n1. The molecule has 2 N–H and O–H groups in total. The third-order valence-electron chi connectivity index (χ3n) is 3.79. The summed E-state index contributed by atoms with van der Waals surface area (Å²) in [7, 11) is 0. The molecule has 0 saturated carbocycles.